The van der Waals surface area contributed by atoms with Crippen LogP contribution in [0.15, 0.2) is 40.8 Å². The Hall–Kier alpha value is -1.79. The van der Waals surface area contributed by atoms with Crippen molar-refractivity contribution in [2.75, 3.05) is 0 Å². The van der Waals surface area contributed by atoms with Gasteiger partial charge >= 0.3 is 0 Å². The van der Waals surface area contributed by atoms with Crippen molar-refractivity contribution in [3.05, 3.63) is 46.2 Å². The molecule has 1 aromatic carbocycles. The van der Waals surface area contributed by atoms with Crippen LogP contribution >= 0.6 is 23.4 Å². The van der Waals surface area contributed by atoms with Crippen LogP contribution in [0.3, 0.4) is 0 Å². The van der Waals surface area contributed by atoms with Crippen molar-refractivity contribution in [1.82, 2.24) is 14.9 Å². The molecule has 0 radical (unpaired) electrons. The Bertz CT molecular complexity index is 906. The molecule has 1 atom stereocenters. The number of carbonyl (C=O) groups excluding carboxylic acids is 1. The van der Waals surface area contributed by atoms with Crippen LogP contribution in [0.1, 0.15) is 39.0 Å². The maximum atomic E-state index is 12.9. The van der Waals surface area contributed by atoms with Gasteiger partial charge in [0.15, 0.2) is 5.16 Å². The summed E-state index contributed by atoms with van der Waals surface area (Å²) in [6.07, 6.45) is 7.31. The maximum Gasteiger partial charge on any atom is 0.262 e. The molecule has 1 fully saturated rings. The van der Waals surface area contributed by atoms with Gasteiger partial charge in [-0.05, 0) is 38.0 Å². The summed E-state index contributed by atoms with van der Waals surface area (Å²) in [7, 11) is 0. The number of carbonyl (C=O) groups is 1. The van der Waals surface area contributed by atoms with Crippen molar-refractivity contribution in [2.24, 2.45) is 0 Å². The second-order valence-electron chi connectivity index (χ2n) is 6.86. The fourth-order valence-electron chi connectivity index (χ4n) is 3.33. The molecule has 1 aliphatic carbocycles. The highest BCUT2D eigenvalue weighted by Crippen LogP contribution is 2.25. The minimum Gasteiger partial charge on any atom is -0.352 e. The SMILES string of the molecule is C=CCn1c(SC(C)C(=O)NC2CCCCC2)nc2ccc(Cl)cc2c1=O. The lowest BCUT2D eigenvalue weighted by atomic mass is 9.95. The van der Waals surface area contributed by atoms with Gasteiger partial charge in [0.05, 0.1) is 16.2 Å². The van der Waals surface area contributed by atoms with E-state index in [2.05, 4.69) is 16.9 Å². The molecule has 1 N–H and O–H groups in total. The number of fused-ring (bicyclic) bond motifs is 1. The zero-order chi connectivity index (χ0) is 19.4. The zero-order valence-electron chi connectivity index (χ0n) is 15.4. The highest BCUT2D eigenvalue weighted by Gasteiger charge is 2.22. The second kappa shape index (κ2) is 8.93. The molecule has 7 heteroatoms. The van der Waals surface area contributed by atoms with E-state index in [0.717, 1.165) is 12.8 Å². The van der Waals surface area contributed by atoms with E-state index in [9.17, 15) is 9.59 Å². The predicted octanol–water partition coefficient (Wildman–Crippen LogP) is 4.17. The minimum absolute atomic E-state index is 0.0116. The third kappa shape index (κ3) is 4.74. The quantitative estimate of drug-likeness (QED) is 0.445. The molecule has 1 unspecified atom stereocenters. The average molecular weight is 406 g/mol. The Morgan fingerprint density at radius 1 is 1.44 bits per heavy atom. The normalized spacial score (nSPS) is 16.2. The summed E-state index contributed by atoms with van der Waals surface area (Å²) in [5.41, 5.74) is 0.400. The number of benzene rings is 1. The van der Waals surface area contributed by atoms with Crippen LogP contribution in [0, 0.1) is 0 Å². The van der Waals surface area contributed by atoms with E-state index in [1.807, 2.05) is 6.92 Å². The molecule has 1 aliphatic rings. The first-order chi connectivity index (χ1) is 13.0. The molecule has 1 amide bonds. The lowest BCUT2D eigenvalue weighted by molar-refractivity contribution is -0.121. The standard InChI is InChI=1S/C20H24ClN3O2S/c1-3-11-24-19(26)16-12-14(21)9-10-17(16)23-20(24)27-13(2)18(25)22-15-7-5-4-6-8-15/h3,9-10,12-13,15H,1,4-8,11H2,2H3,(H,22,25). The molecule has 1 saturated carbocycles. The molecule has 144 valence electrons. The third-order valence-electron chi connectivity index (χ3n) is 4.80. The number of halogens is 1. The van der Waals surface area contributed by atoms with Gasteiger partial charge in [-0.25, -0.2) is 4.98 Å². The molecule has 0 spiro atoms. The number of amides is 1. The molecule has 0 bridgehead atoms. The van der Waals surface area contributed by atoms with Crippen molar-refractivity contribution in [2.45, 2.75) is 62.0 Å². The highest BCUT2D eigenvalue weighted by atomic mass is 35.5. The summed E-state index contributed by atoms with van der Waals surface area (Å²) in [4.78, 5) is 30.1. The first-order valence-corrected chi connectivity index (χ1v) is 10.5. The van der Waals surface area contributed by atoms with Crippen LogP contribution in [0.25, 0.3) is 10.9 Å². The fourth-order valence-corrected chi connectivity index (χ4v) is 4.43. The van der Waals surface area contributed by atoms with Gasteiger partial charge in [0.2, 0.25) is 5.91 Å². The van der Waals surface area contributed by atoms with E-state index >= 15 is 0 Å². The number of allylic oxidation sites excluding steroid dienone is 1. The minimum atomic E-state index is -0.348. The smallest absolute Gasteiger partial charge is 0.262 e. The van der Waals surface area contributed by atoms with E-state index in [-0.39, 0.29) is 22.8 Å². The van der Waals surface area contributed by atoms with Crippen molar-refractivity contribution < 1.29 is 4.79 Å². The summed E-state index contributed by atoms with van der Waals surface area (Å²) in [6.45, 7) is 5.90. The monoisotopic (exact) mass is 405 g/mol. The van der Waals surface area contributed by atoms with E-state index in [1.165, 1.54) is 31.0 Å². The molecule has 3 rings (SSSR count). The third-order valence-corrected chi connectivity index (χ3v) is 6.12. The average Bonchev–Trinajstić information content (AvgIpc) is 2.66. The molecule has 1 heterocycles. The van der Waals surface area contributed by atoms with Gasteiger partial charge in [-0.2, -0.15) is 0 Å². The van der Waals surface area contributed by atoms with E-state index in [0.29, 0.717) is 27.6 Å². The van der Waals surface area contributed by atoms with Gasteiger partial charge in [0.25, 0.3) is 5.56 Å². The summed E-state index contributed by atoms with van der Waals surface area (Å²) in [5, 5.41) is 4.26. The van der Waals surface area contributed by atoms with Crippen LogP contribution in [0.5, 0.6) is 0 Å². The summed E-state index contributed by atoms with van der Waals surface area (Å²) >= 11 is 7.32. The summed E-state index contributed by atoms with van der Waals surface area (Å²) < 4.78 is 1.54. The number of thioether (sulfide) groups is 1. The molecule has 27 heavy (non-hydrogen) atoms. The van der Waals surface area contributed by atoms with Crippen LogP contribution in [0.4, 0.5) is 0 Å². The topological polar surface area (TPSA) is 64.0 Å². The van der Waals surface area contributed by atoms with Gasteiger partial charge in [-0.15, -0.1) is 6.58 Å². The molecule has 1 aromatic heterocycles. The number of hydrogen-bond acceptors (Lipinski definition) is 4. The summed E-state index contributed by atoms with van der Waals surface area (Å²) in [5.74, 6) is -0.0116. The molecule has 5 nitrogen and oxygen atoms in total. The van der Waals surface area contributed by atoms with Crippen LogP contribution < -0.4 is 10.9 Å². The van der Waals surface area contributed by atoms with Gasteiger partial charge in [-0.3, -0.25) is 14.2 Å². The fraction of sp³-hybridized carbons (Fsp3) is 0.450. The largest absolute Gasteiger partial charge is 0.352 e. The van der Waals surface area contributed by atoms with Crippen molar-refractivity contribution in [1.29, 1.82) is 0 Å². The van der Waals surface area contributed by atoms with Crippen LogP contribution in [-0.4, -0.2) is 26.8 Å². The first kappa shape index (κ1) is 20.0. The zero-order valence-corrected chi connectivity index (χ0v) is 17.0. The Morgan fingerprint density at radius 2 is 2.19 bits per heavy atom. The number of nitrogens with one attached hydrogen (secondary N) is 1. The van der Waals surface area contributed by atoms with E-state index in [4.69, 9.17) is 11.6 Å². The number of rotatable bonds is 6. The Morgan fingerprint density at radius 3 is 2.89 bits per heavy atom. The van der Waals surface area contributed by atoms with Gasteiger partial charge in [0, 0.05) is 17.6 Å². The summed E-state index contributed by atoms with van der Waals surface area (Å²) in [6, 6.07) is 5.33. The first-order valence-electron chi connectivity index (χ1n) is 9.27. The molecule has 0 aliphatic heterocycles. The van der Waals surface area contributed by atoms with Crippen molar-refractivity contribution >= 4 is 40.2 Å². The number of hydrogen-bond donors (Lipinski definition) is 1. The van der Waals surface area contributed by atoms with Crippen molar-refractivity contribution in [3.8, 4) is 0 Å². The Balaban J connectivity index is 1.85. The van der Waals surface area contributed by atoms with Gasteiger partial charge in [0.1, 0.15) is 0 Å². The predicted molar refractivity (Wildman–Crippen MR) is 112 cm³/mol. The lowest BCUT2D eigenvalue weighted by Gasteiger charge is -2.24. The van der Waals surface area contributed by atoms with Crippen LogP contribution in [0.2, 0.25) is 5.02 Å². The van der Waals surface area contributed by atoms with Gasteiger partial charge in [-0.1, -0.05) is 48.7 Å². The number of aromatic nitrogens is 2. The molecule has 0 saturated heterocycles. The second-order valence-corrected chi connectivity index (χ2v) is 8.61. The molecule has 2 aromatic rings. The van der Waals surface area contributed by atoms with Gasteiger partial charge < -0.3 is 5.32 Å². The molecular formula is C20H24ClN3O2S. The Kier molecular flexibility index (Phi) is 6.60. The van der Waals surface area contributed by atoms with E-state index < -0.39 is 0 Å². The highest BCUT2D eigenvalue weighted by molar-refractivity contribution is 8.00. The maximum absolute atomic E-state index is 12.9. The van der Waals surface area contributed by atoms with Crippen molar-refractivity contribution in [3.63, 3.8) is 0 Å². The Labute approximate surface area is 168 Å². The molecular weight excluding hydrogens is 382 g/mol. The lowest BCUT2D eigenvalue weighted by Crippen LogP contribution is -2.40. The van der Waals surface area contributed by atoms with E-state index in [1.54, 1.807) is 28.8 Å². The number of nitrogens with zero attached hydrogens (tertiary/aromatic N) is 2. The van der Waals surface area contributed by atoms with Crippen LogP contribution in [-0.2, 0) is 11.3 Å².